The second-order valence-electron chi connectivity index (χ2n) is 8.06. The molecular weight excluding hydrogens is 426 g/mol. The van der Waals surface area contributed by atoms with Crippen molar-refractivity contribution in [3.8, 4) is 22.1 Å². The molecule has 1 aromatic heterocycles. The first-order valence-corrected chi connectivity index (χ1v) is 11.3. The predicted molar refractivity (Wildman–Crippen MR) is 121 cm³/mol. The molecule has 0 radical (unpaired) electrons. The van der Waals surface area contributed by atoms with E-state index in [1.807, 2.05) is 41.8 Å². The number of nitrogens with zero attached hydrogens (tertiary/aromatic N) is 2. The average Bonchev–Trinajstić information content (AvgIpc) is 3.37. The Morgan fingerprint density at radius 3 is 2.66 bits per heavy atom. The van der Waals surface area contributed by atoms with Gasteiger partial charge in [0.2, 0.25) is 0 Å². The highest BCUT2D eigenvalue weighted by Crippen LogP contribution is 2.36. The molecular formula is C24H23N3O4S. The fourth-order valence-electron chi connectivity index (χ4n) is 4.49. The first kappa shape index (κ1) is 20.5. The van der Waals surface area contributed by atoms with Gasteiger partial charge in [-0.1, -0.05) is 24.3 Å². The summed E-state index contributed by atoms with van der Waals surface area (Å²) in [7, 11) is 3.18. The first-order valence-electron chi connectivity index (χ1n) is 10.4. The lowest BCUT2D eigenvalue weighted by atomic mass is 9.78. The monoisotopic (exact) mass is 449 g/mol. The minimum absolute atomic E-state index is 0.151. The predicted octanol–water partition coefficient (Wildman–Crippen LogP) is 3.81. The van der Waals surface area contributed by atoms with Gasteiger partial charge in [-0.3, -0.25) is 9.69 Å². The number of nitrogens with one attached hydrogen (secondary N) is 1. The van der Waals surface area contributed by atoms with Gasteiger partial charge in [-0.2, -0.15) is 0 Å². The quantitative estimate of drug-likeness (QED) is 0.599. The van der Waals surface area contributed by atoms with Crippen LogP contribution in [0.4, 0.5) is 4.79 Å². The van der Waals surface area contributed by atoms with Gasteiger partial charge in [-0.15, -0.1) is 11.3 Å². The Hall–Kier alpha value is -3.39. The minimum Gasteiger partial charge on any atom is -0.493 e. The number of urea groups is 1. The van der Waals surface area contributed by atoms with Crippen LogP contribution in [0, 0.1) is 0 Å². The first-order chi connectivity index (χ1) is 15.5. The van der Waals surface area contributed by atoms with E-state index in [0.717, 1.165) is 22.6 Å². The molecule has 2 aliphatic rings. The van der Waals surface area contributed by atoms with Gasteiger partial charge in [0.15, 0.2) is 11.5 Å². The van der Waals surface area contributed by atoms with E-state index in [4.69, 9.17) is 9.47 Å². The molecule has 1 saturated heterocycles. The van der Waals surface area contributed by atoms with Crippen molar-refractivity contribution in [3.05, 3.63) is 64.7 Å². The maximum atomic E-state index is 13.3. The van der Waals surface area contributed by atoms with E-state index in [0.29, 0.717) is 30.0 Å². The van der Waals surface area contributed by atoms with Crippen LogP contribution in [0.3, 0.4) is 0 Å². The number of carbonyl (C=O) groups is 2. The number of amides is 3. The Balaban J connectivity index is 1.35. The van der Waals surface area contributed by atoms with Crippen molar-refractivity contribution < 1.29 is 19.1 Å². The number of aryl methyl sites for hydroxylation is 1. The van der Waals surface area contributed by atoms with Crippen LogP contribution in [-0.2, 0) is 24.2 Å². The zero-order valence-electron chi connectivity index (χ0n) is 17.9. The summed E-state index contributed by atoms with van der Waals surface area (Å²) >= 11 is 1.46. The Morgan fingerprint density at radius 2 is 1.88 bits per heavy atom. The summed E-state index contributed by atoms with van der Waals surface area (Å²) in [6.45, 7) is 0.151. The Morgan fingerprint density at radius 1 is 1.09 bits per heavy atom. The third kappa shape index (κ3) is 3.40. The topological polar surface area (TPSA) is 80.8 Å². The summed E-state index contributed by atoms with van der Waals surface area (Å²) < 4.78 is 10.7. The molecule has 7 nitrogen and oxygen atoms in total. The molecule has 2 heterocycles. The number of methoxy groups -OCH3 is 2. The highest BCUT2D eigenvalue weighted by atomic mass is 32.1. The highest BCUT2D eigenvalue weighted by molar-refractivity contribution is 7.13. The number of aromatic nitrogens is 1. The molecule has 1 fully saturated rings. The van der Waals surface area contributed by atoms with E-state index < -0.39 is 5.54 Å². The zero-order valence-corrected chi connectivity index (χ0v) is 18.7. The van der Waals surface area contributed by atoms with Gasteiger partial charge in [0, 0.05) is 17.4 Å². The number of hydrogen-bond donors (Lipinski definition) is 1. The van der Waals surface area contributed by atoms with Gasteiger partial charge in [-0.05, 0) is 42.2 Å². The van der Waals surface area contributed by atoms with Gasteiger partial charge < -0.3 is 14.8 Å². The van der Waals surface area contributed by atoms with E-state index in [2.05, 4.69) is 16.4 Å². The minimum atomic E-state index is -0.854. The summed E-state index contributed by atoms with van der Waals surface area (Å²) in [5.41, 5.74) is 3.08. The molecule has 3 aromatic rings. The standard InChI is InChI=1S/C24H23N3O4S/c1-30-19-8-7-16(11-20(19)31-2)21-25-18(14-32-21)13-27-22(28)24(26-23(27)29)10-9-15-5-3-4-6-17(15)12-24/h3-8,11,14H,9-10,12-13H2,1-2H3,(H,26,29). The number of carbonyl (C=O) groups excluding carboxylic acids is 2. The van der Waals surface area contributed by atoms with E-state index in [9.17, 15) is 9.59 Å². The molecule has 32 heavy (non-hydrogen) atoms. The third-order valence-corrected chi connectivity index (χ3v) is 7.12. The lowest BCUT2D eigenvalue weighted by Crippen LogP contribution is -2.51. The lowest BCUT2D eigenvalue weighted by molar-refractivity contribution is -0.132. The van der Waals surface area contributed by atoms with E-state index in [1.54, 1.807) is 14.2 Å². The SMILES string of the molecule is COc1ccc(-c2nc(CN3C(=O)NC4(CCc5ccccc5C4)C3=O)cs2)cc1OC. The maximum absolute atomic E-state index is 13.3. The third-order valence-electron chi connectivity index (χ3n) is 6.18. The molecule has 3 amide bonds. The van der Waals surface area contributed by atoms with Crippen molar-refractivity contribution in [2.75, 3.05) is 14.2 Å². The number of thiazole rings is 1. The van der Waals surface area contributed by atoms with Crippen LogP contribution in [-0.4, -0.2) is 41.6 Å². The molecule has 1 unspecified atom stereocenters. The Labute approximate surface area is 190 Å². The number of imide groups is 1. The van der Waals surface area contributed by atoms with Gasteiger partial charge in [-0.25, -0.2) is 9.78 Å². The molecule has 1 aliphatic carbocycles. The van der Waals surface area contributed by atoms with E-state index in [-0.39, 0.29) is 18.5 Å². The Kier molecular flexibility index (Phi) is 5.09. The van der Waals surface area contributed by atoms with Crippen LogP contribution in [0.1, 0.15) is 23.2 Å². The molecule has 1 atom stereocenters. The molecule has 2 aromatic carbocycles. The largest absolute Gasteiger partial charge is 0.493 e. The van der Waals surface area contributed by atoms with Crippen molar-refractivity contribution in [1.82, 2.24) is 15.2 Å². The molecule has 5 rings (SSSR count). The van der Waals surface area contributed by atoms with Crippen LogP contribution in [0.25, 0.3) is 10.6 Å². The second kappa shape index (κ2) is 7.94. The number of hydrogen-bond acceptors (Lipinski definition) is 6. The molecule has 1 aliphatic heterocycles. The molecule has 0 saturated carbocycles. The van der Waals surface area contributed by atoms with E-state index in [1.165, 1.54) is 21.8 Å². The van der Waals surface area contributed by atoms with E-state index >= 15 is 0 Å². The average molecular weight is 450 g/mol. The maximum Gasteiger partial charge on any atom is 0.325 e. The lowest BCUT2D eigenvalue weighted by Gasteiger charge is -2.32. The molecule has 1 N–H and O–H groups in total. The van der Waals surface area contributed by atoms with Crippen molar-refractivity contribution in [3.63, 3.8) is 0 Å². The molecule has 1 spiro atoms. The molecule has 0 bridgehead atoms. The summed E-state index contributed by atoms with van der Waals surface area (Å²) in [6.07, 6.45) is 1.91. The van der Waals surface area contributed by atoms with Crippen LogP contribution >= 0.6 is 11.3 Å². The van der Waals surface area contributed by atoms with Crippen molar-refractivity contribution in [2.24, 2.45) is 0 Å². The van der Waals surface area contributed by atoms with Crippen LogP contribution in [0.5, 0.6) is 11.5 Å². The van der Waals surface area contributed by atoms with Gasteiger partial charge in [0.05, 0.1) is 26.5 Å². The summed E-state index contributed by atoms with van der Waals surface area (Å²) in [5.74, 6) is 1.10. The summed E-state index contributed by atoms with van der Waals surface area (Å²) in [4.78, 5) is 32.0. The van der Waals surface area contributed by atoms with Crippen LogP contribution < -0.4 is 14.8 Å². The van der Waals surface area contributed by atoms with Gasteiger partial charge in [0.1, 0.15) is 10.5 Å². The molecule has 164 valence electrons. The van der Waals surface area contributed by atoms with Crippen LogP contribution in [0.15, 0.2) is 47.8 Å². The van der Waals surface area contributed by atoms with Crippen LogP contribution in [0.2, 0.25) is 0 Å². The number of benzene rings is 2. The van der Waals surface area contributed by atoms with Crippen molar-refractivity contribution >= 4 is 23.3 Å². The van der Waals surface area contributed by atoms with Gasteiger partial charge in [0.25, 0.3) is 5.91 Å². The number of fused-ring (bicyclic) bond motifs is 1. The highest BCUT2D eigenvalue weighted by Gasteiger charge is 2.52. The summed E-state index contributed by atoms with van der Waals surface area (Å²) in [6, 6.07) is 13.4. The Bertz CT molecular complexity index is 1210. The number of ether oxygens (including phenoxy) is 2. The van der Waals surface area contributed by atoms with Crippen molar-refractivity contribution in [2.45, 2.75) is 31.3 Å². The summed E-state index contributed by atoms with van der Waals surface area (Å²) in [5, 5.41) is 5.65. The fraction of sp³-hybridized carbons (Fsp3) is 0.292. The normalized spacial score (nSPS) is 19.8. The second-order valence-corrected chi connectivity index (χ2v) is 8.92. The van der Waals surface area contributed by atoms with Gasteiger partial charge >= 0.3 is 6.03 Å². The fourth-order valence-corrected chi connectivity index (χ4v) is 5.30. The smallest absolute Gasteiger partial charge is 0.325 e. The zero-order chi connectivity index (χ0) is 22.3. The molecule has 8 heteroatoms. The van der Waals surface area contributed by atoms with Crippen molar-refractivity contribution in [1.29, 1.82) is 0 Å². The number of rotatable bonds is 5.